The quantitative estimate of drug-likeness (QED) is 0.840. The standard InChI is InChI=1S/C16H21FN2OS/c1-10-7-8-13(17)12(9-10)16(20)19-14(15(18)21)11-5-3-2-4-6-11/h7-9,11,14H,2-6H2,1H3,(H2,18,21)(H,19,20). The smallest absolute Gasteiger partial charge is 0.254 e. The molecule has 1 fully saturated rings. The number of hydrogen-bond donors (Lipinski definition) is 2. The number of nitrogens with one attached hydrogen (secondary N) is 1. The van der Waals surface area contributed by atoms with Crippen LogP contribution in [0.4, 0.5) is 4.39 Å². The van der Waals surface area contributed by atoms with Crippen LogP contribution in [0.25, 0.3) is 0 Å². The molecule has 2 rings (SSSR count). The van der Waals surface area contributed by atoms with Gasteiger partial charge in [0, 0.05) is 0 Å². The Kier molecular flexibility index (Phi) is 5.28. The Morgan fingerprint density at radius 1 is 1.38 bits per heavy atom. The van der Waals surface area contributed by atoms with Crippen molar-refractivity contribution in [3.8, 4) is 0 Å². The van der Waals surface area contributed by atoms with E-state index in [-0.39, 0.29) is 22.5 Å². The number of aryl methyl sites for hydroxylation is 1. The molecule has 1 aliphatic carbocycles. The first-order valence-corrected chi connectivity index (χ1v) is 7.76. The number of benzene rings is 1. The Bertz CT molecular complexity index is 541. The van der Waals surface area contributed by atoms with Crippen molar-refractivity contribution in [2.45, 2.75) is 45.1 Å². The molecule has 1 atom stereocenters. The van der Waals surface area contributed by atoms with Gasteiger partial charge >= 0.3 is 0 Å². The molecule has 0 spiro atoms. The van der Waals surface area contributed by atoms with Gasteiger partial charge in [0.2, 0.25) is 0 Å². The van der Waals surface area contributed by atoms with Crippen molar-refractivity contribution in [2.24, 2.45) is 11.7 Å². The number of hydrogen-bond acceptors (Lipinski definition) is 2. The zero-order valence-corrected chi connectivity index (χ0v) is 13.0. The van der Waals surface area contributed by atoms with Gasteiger partial charge in [0.25, 0.3) is 5.91 Å². The van der Waals surface area contributed by atoms with Crippen LogP contribution in [0.1, 0.15) is 48.0 Å². The zero-order chi connectivity index (χ0) is 15.4. The lowest BCUT2D eigenvalue weighted by Gasteiger charge is -2.30. The predicted octanol–water partition coefficient (Wildman–Crippen LogP) is 3.10. The van der Waals surface area contributed by atoms with Crippen LogP contribution in [-0.2, 0) is 0 Å². The molecule has 1 amide bonds. The predicted molar refractivity (Wildman–Crippen MR) is 85.8 cm³/mol. The number of carbonyl (C=O) groups is 1. The Morgan fingerprint density at radius 3 is 2.67 bits per heavy atom. The van der Waals surface area contributed by atoms with Crippen molar-refractivity contribution in [3.63, 3.8) is 0 Å². The number of nitrogens with two attached hydrogens (primary N) is 1. The molecule has 1 saturated carbocycles. The van der Waals surface area contributed by atoms with E-state index >= 15 is 0 Å². The summed E-state index contributed by atoms with van der Waals surface area (Å²) < 4.78 is 13.8. The van der Waals surface area contributed by atoms with Gasteiger partial charge in [-0.3, -0.25) is 4.79 Å². The monoisotopic (exact) mass is 308 g/mol. The molecule has 1 unspecified atom stereocenters. The summed E-state index contributed by atoms with van der Waals surface area (Å²) in [6.07, 6.45) is 5.45. The first kappa shape index (κ1) is 15.9. The summed E-state index contributed by atoms with van der Waals surface area (Å²) in [5.41, 5.74) is 6.67. The van der Waals surface area contributed by atoms with Gasteiger partial charge < -0.3 is 11.1 Å². The molecule has 21 heavy (non-hydrogen) atoms. The van der Waals surface area contributed by atoms with Crippen LogP contribution in [0, 0.1) is 18.7 Å². The van der Waals surface area contributed by atoms with Crippen molar-refractivity contribution < 1.29 is 9.18 Å². The average molecular weight is 308 g/mol. The first-order chi connectivity index (χ1) is 9.99. The van der Waals surface area contributed by atoms with Crippen LogP contribution in [0.15, 0.2) is 18.2 Å². The minimum atomic E-state index is -0.525. The molecule has 0 radical (unpaired) electrons. The third-order valence-corrected chi connectivity index (χ3v) is 4.33. The lowest BCUT2D eigenvalue weighted by Crippen LogP contribution is -2.49. The van der Waals surface area contributed by atoms with Gasteiger partial charge in [0.05, 0.1) is 16.6 Å². The maximum atomic E-state index is 13.8. The second kappa shape index (κ2) is 6.98. The number of amides is 1. The summed E-state index contributed by atoms with van der Waals surface area (Å²) in [4.78, 5) is 12.6. The lowest BCUT2D eigenvalue weighted by atomic mass is 9.83. The van der Waals surface area contributed by atoms with Crippen LogP contribution in [-0.4, -0.2) is 16.9 Å². The number of rotatable bonds is 4. The van der Waals surface area contributed by atoms with Gasteiger partial charge in [-0.1, -0.05) is 43.1 Å². The highest BCUT2D eigenvalue weighted by molar-refractivity contribution is 7.80. The molecule has 5 heteroatoms. The first-order valence-electron chi connectivity index (χ1n) is 7.35. The van der Waals surface area contributed by atoms with Crippen molar-refractivity contribution in [1.29, 1.82) is 0 Å². The second-order valence-corrected chi connectivity index (χ2v) is 6.21. The van der Waals surface area contributed by atoms with Gasteiger partial charge in [-0.2, -0.15) is 0 Å². The Hall–Kier alpha value is -1.49. The molecule has 3 N–H and O–H groups in total. The highest BCUT2D eigenvalue weighted by Crippen LogP contribution is 2.27. The Balaban J connectivity index is 2.14. The van der Waals surface area contributed by atoms with E-state index in [0.717, 1.165) is 31.2 Å². The van der Waals surface area contributed by atoms with E-state index in [0.29, 0.717) is 0 Å². The molecule has 0 saturated heterocycles. The van der Waals surface area contributed by atoms with E-state index in [1.807, 2.05) is 6.92 Å². The minimum Gasteiger partial charge on any atom is -0.392 e. The molecular formula is C16H21FN2OS. The third-order valence-electron chi connectivity index (χ3n) is 4.08. The fourth-order valence-electron chi connectivity index (χ4n) is 2.92. The molecule has 1 aliphatic rings. The Morgan fingerprint density at radius 2 is 2.05 bits per heavy atom. The van der Waals surface area contributed by atoms with E-state index in [9.17, 15) is 9.18 Å². The molecule has 1 aromatic rings. The van der Waals surface area contributed by atoms with Gasteiger partial charge in [0.15, 0.2) is 0 Å². The van der Waals surface area contributed by atoms with Crippen molar-refractivity contribution in [3.05, 3.63) is 35.1 Å². The summed E-state index contributed by atoms with van der Waals surface area (Å²) in [7, 11) is 0. The molecule has 0 heterocycles. The van der Waals surface area contributed by atoms with Crippen LogP contribution in [0.5, 0.6) is 0 Å². The fraction of sp³-hybridized carbons (Fsp3) is 0.500. The third kappa shape index (κ3) is 4.00. The summed E-state index contributed by atoms with van der Waals surface area (Å²) in [6, 6.07) is 4.13. The van der Waals surface area contributed by atoms with Gasteiger partial charge in [0.1, 0.15) is 5.82 Å². The number of halogens is 1. The second-order valence-electron chi connectivity index (χ2n) is 5.73. The van der Waals surface area contributed by atoms with E-state index in [1.165, 1.54) is 12.5 Å². The average Bonchev–Trinajstić information content (AvgIpc) is 2.47. The van der Waals surface area contributed by atoms with Crippen molar-refractivity contribution in [1.82, 2.24) is 5.32 Å². The molecule has 3 nitrogen and oxygen atoms in total. The van der Waals surface area contributed by atoms with Gasteiger partial charge in [-0.15, -0.1) is 0 Å². The van der Waals surface area contributed by atoms with Crippen molar-refractivity contribution >= 4 is 23.1 Å². The molecule has 0 bridgehead atoms. The van der Waals surface area contributed by atoms with E-state index in [2.05, 4.69) is 5.32 Å². The minimum absolute atomic E-state index is 0.0482. The molecule has 0 aliphatic heterocycles. The van der Waals surface area contributed by atoms with Crippen LogP contribution in [0.2, 0.25) is 0 Å². The van der Waals surface area contributed by atoms with Gasteiger partial charge in [-0.25, -0.2) is 4.39 Å². The van der Waals surface area contributed by atoms with Crippen molar-refractivity contribution in [2.75, 3.05) is 0 Å². The fourth-order valence-corrected chi connectivity index (χ4v) is 3.17. The topological polar surface area (TPSA) is 55.1 Å². The van der Waals surface area contributed by atoms with Crippen LogP contribution in [0.3, 0.4) is 0 Å². The highest BCUT2D eigenvalue weighted by Gasteiger charge is 2.28. The van der Waals surface area contributed by atoms with E-state index in [1.54, 1.807) is 12.1 Å². The van der Waals surface area contributed by atoms with Crippen LogP contribution >= 0.6 is 12.2 Å². The normalized spacial score (nSPS) is 17.2. The summed E-state index contributed by atoms with van der Waals surface area (Å²) in [6.45, 7) is 1.82. The van der Waals surface area contributed by atoms with E-state index in [4.69, 9.17) is 18.0 Å². The Labute approximate surface area is 130 Å². The molecular weight excluding hydrogens is 287 g/mol. The number of thiocarbonyl (C=S) groups is 1. The summed E-state index contributed by atoms with van der Waals surface area (Å²) >= 11 is 5.09. The lowest BCUT2D eigenvalue weighted by molar-refractivity contribution is 0.0927. The summed E-state index contributed by atoms with van der Waals surface area (Å²) in [5, 5.41) is 2.83. The maximum Gasteiger partial charge on any atom is 0.254 e. The van der Waals surface area contributed by atoms with Crippen LogP contribution < -0.4 is 11.1 Å². The molecule has 1 aromatic carbocycles. The summed E-state index contributed by atoms with van der Waals surface area (Å²) in [5.74, 6) is -0.712. The number of carbonyl (C=O) groups excluding carboxylic acids is 1. The van der Waals surface area contributed by atoms with E-state index < -0.39 is 11.7 Å². The highest BCUT2D eigenvalue weighted by atomic mass is 32.1. The zero-order valence-electron chi connectivity index (χ0n) is 12.2. The SMILES string of the molecule is Cc1ccc(F)c(C(=O)NC(C(N)=S)C2CCCCC2)c1. The molecule has 0 aromatic heterocycles. The molecule has 114 valence electrons. The van der Waals surface area contributed by atoms with Gasteiger partial charge in [-0.05, 0) is 37.8 Å². The largest absolute Gasteiger partial charge is 0.392 e. The maximum absolute atomic E-state index is 13.8.